The maximum atomic E-state index is 11.6. The molecule has 1 aromatic carbocycles. The monoisotopic (exact) mass is 276 g/mol. The van der Waals surface area contributed by atoms with Crippen molar-refractivity contribution in [3.05, 3.63) is 28.8 Å². The predicted octanol–water partition coefficient (Wildman–Crippen LogP) is 4.96. The zero-order chi connectivity index (χ0) is 15.1. The van der Waals surface area contributed by atoms with Gasteiger partial charge in [-0.15, -0.1) is 0 Å². The van der Waals surface area contributed by atoms with Gasteiger partial charge in [-0.2, -0.15) is 0 Å². The highest BCUT2D eigenvalue weighted by atomic mass is 16.5. The first kappa shape index (κ1) is 16.7. The Morgan fingerprint density at radius 1 is 1.15 bits per heavy atom. The number of ketones is 1. The summed E-state index contributed by atoms with van der Waals surface area (Å²) in [5.74, 6) is 1.79. The first-order valence-corrected chi connectivity index (χ1v) is 7.79. The minimum atomic E-state index is 0.365. The Kier molecular flexibility index (Phi) is 6.77. The molecule has 0 radical (unpaired) electrons. The van der Waals surface area contributed by atoms with Gasteiger partial charge in [-0.1, -0.05) is 13.8 Å². The third-order valence-electron chi connectivity index (χ3n) is 3.95. The first-order chi connectivity index (χ1) is 9.53. The fourth-order valence-electron chi connectivity index (χ4n) is 2.89. The first-order valence-electron chi connectivity index (χ1n) is 7.79. The van der Waals surface area contributed by atoms with Gasteiger partial charge >= 0.3 is 0 Å². The summed E-state index contributed by atoms with van der Waals surface area (Å²) in [6, 6.07) is 4.24. The van der Waals surface area contributed by atoms with Gasteiger partial charge in [0.1, 0.15) is 11.5 Å². The van der Waals surface area contributed by atoms with Gasteiger partial charge in [0, 0.05) is 12.8 Å². The van der Waals surface area contributed by atoms with Gasteiger partial charge in [-0.25, -0.2) is 0 Å². The molecule has 0 fully saturated rings. The lowest BCUT2D eigenvalue weighted by Crippen LogP contribution is -2.07. The molecule has 0 heterocycles. The van der Waals surface area contributed by atoms with Crippen LogP contribution in [0.25, 0.3) is 0 Å². The van der Waals surface area contributed by atoms with Crippen LogP contribution in [0.4, 0.5) is 0 Å². The summed E-state index contributed by atoms with van der Waals surface area (Å²) in [4.78, 5) is 11.6. The van der Waals surface area contributed by atoms with E-state index in [1.54, 1.807) is 0 Å². The van der Waals surface area contributed by atoms with Crippen LogP contribution in [0, 0.1) is 13.8 Å². The SMILES string of the molecule is CCOc1cc(C)c(C(CC)CCC(=O)CC)c(C)c1. The van der Waals surface area contributed by atoms with E-state index in [0.717, 1.165) is 18.6 Å². The molecule has 112 valence electrons. The molecule has 0 N–H and O–H groups in total. The minimum Gasteiger partial charge on any atom is -0.494 e. The Morgan fingerprint density at radius 2 is 1.75 bits per heavy atom. The predicted molar refractivity (Wildman–Crippen MR) is 84.6 cm³/mol. The largest absolute Gasteiger partial charge is 0.494 e. The molecule has 0 spiro atoms. The van der Waals surface area contributed by atoms with Crippen molar-refractivity contribution in [2.24, 2.45) is 0 Å². The van der Waals surface area contributed by atoms with Crippen molar-refractivity contribution in [2.45, 2.75) is 66.2 Å². The van der Waals surface area contributed by atoms with E-state index in [9.17, 15) is 4.79 Å². The second kappa shape index (κ2) is 8.08. The van der Waals surface area contributed by atoms with E-state index in [0.29, 0.717) is 31.1 Å². The van der Waals surface area contributed by atoms with Crippen LogP contribution in [0.1, 0.15) is 69.1 Å². The van der Waals surface area contributed by atoms with Crippen LogP contribution in [0.15, 0.2) is 12.1 Å². The van der Waals surface area contributed by atoms with Crippen LogP contribution in [-0.4, -0.2) is 12.4 Å². The molecule has 1 rings (SSSR count). The molecule has 0 amide bonds. The smallest absolute Gasteiger partial charge is 0.132 e. The number of aryl methyl sites for hydroxylation is 2. The fourth-order valence-corrected chi connectivity index (χ4v) is 2.89. The van der Waals surface area contributed by atoms with Gasteiger partial charge in [0.2, 0.25) is 0 Å². The number of Topliss-reactive ketones (excluding diaryl/α,β-unsaturated/α-hetero) is 1. The summed E-state index contributed by atoms with van der Waals surface area (Å²) in [7, 11) is 0. The Hall–Kier alpha value is -1.31. The van der Waals surface area contributed by atoms with Crippen LogP contribution in [0.3, 0.4) is 0 Å². The second-order valence-electron chi connectivity index (χ2n) is 5.44. The van der Waals surface area contributed by atoms with Crippen molar-refractivity contribution in [3.8, 4) is 5.75 Å². The maximum absolute atomic E-state index is 11.6. The summed E-state index contributed by atoms with van der Waals surface area (Å²) in [5, 5.41) is 0. The van der Waals surface area contributed by atoms with Gasteiger partial charge in [0.25, 0.3) is 0 Å². The van der Waals surface area contributed by atoms with E-state index < -0.39 is 0 Å². The number of ether oxygens (including phenoxy) is 1. The summed E-state index contributed by atoms with van der Waals surface area (Å²) < 4.78 is 5.60. The van der Waals surface area contributed by atoms with Crippen molar-refractivity contribution < 1.29 is 9.53 Å². The second-order valence-corrected chi connectivity index (χ2v) is 5.44. The quantitative estimate of drug-likeness (QED) is 0.671. The zero-order valence-corrected chi connectivity index (χ0v) is 13.6. The van der Waals surface area contributed by atoms with Gasteiger partial charge in [0.15, 0.2) is 0 Å². The summed E-state index contributed by atoms with van der Waals surface area (Å²) in [6.07, 6.45) is 3.38. The van der Waals surface area contributed by atoms with Crippen LogP contribution < -0.4 is 4.74 Å². The molecule has 0 aliphatic heterocycles. The molecule has 1 aromatic rings. The molecule has 1 unspecified atom stereocenters. The normalized spacial score (nSPS) is 12.2. The molecular weight excluding hydrogens is 248 g/mol. The Morgan fingerprint density at radius 3 is 2.20 bits per heavy atom. The fraction of sp³-hybridized carbons (Fsp3) is 0.611. The van der Waals surface area contributed by atoms with Crippen LogP contribution >= 0.6 is 0 Å². The zero-order valence-electron chi connectivity index (χ0n) is 13.6. The highest BCUT2D eigenvalue weighted by Gasteiger charge is 2.16. The lowest BCUT2D eigenvalue weighted by molar-refractivity contribution is -0.118. The molecule has 0 saturated heterocycles. The van der Waals surface area contributed by atoms with E-state index in [1.807, 2.05) is 13.8 Å². The number of benzene rings is 1. The van der Waals surface area contributed by atoms with E-state index in [4.69, 9.17) is 4.74 Å². The van der Waals surface area contributed by atoms with Crippen molar-refractivity contribution in [1.29, 1.82) is 0 Å². The number of carbonyl (C=O) groups is 1. The molecule has 20 heavy (non-hydrogen) atoms. The third-order valence-corrected chi connectivity index (χ3v) is 3.95. The van der Waals surface area contributed by atoms with E-state index in [-0.39, 0.29) is 0 Å². The Bertz CT molecular complexity index is 426. The van der Waals surface area contributed by atoms with Crippen LogP contribution in [0.2, 0.25) is 0 Å². The molecule has 0 bridgehead atoms. The van der Waals surface area contributed by atoms with E-state index >= 15 is 0 Å². The highest BCUT2D eigenvalue weighted by Crippen LogP contribution is 2.33. The standard InChI is InChI=1S/C18H28O2/c1-6-15(9-10-16(19)7-2)18-13(4)11-17(20-8-3)12-14(18)5/h11-12,15H,6-10H2,1-5H3. The van der Waals surface area contributed by atoms with Crippen LogP contribution in [-0.2, 0) is 4.79 Å². The molecule has 2 nitrogen and oxygen atoms in total. The molecular formula is C18H28O2. The van der Waals surface area contributed by atoms with Crippen LogP contribution in [0.5, 0.6) is 5.75 Å². The van der Waals surface area contributed by atoms with Crippen molar-refractivity contribution >= 4 is 5.78 Å². The summed E-state index contributed by atoms with van der Waals surface area (Å²) >= 11 is 0. The number of hydrogen-bond acceptors (Lipinski definition) is 2. The van der Waals surface area contributed by atoms with Gasteiger partial charge < -0.3 is 4.74 Å². The van der Waals surface area contributed by atoms with Crippen molar-refractivity contribution in [3.63, 3.8) is 0 Å². The summed E-state index contributed by atoms with van der Waals surface area (Å²) in [5.41, 5.74) is 3.97. The summed E-state index contributed by atoms with van der Waals surface area (Å²) in [6.45, 7) is 11.1. The number of rotatable bonds is 8. The molecule has 0 aliphatic rings. The average molecular weight is 276 g/mol. The van der Waals surface area contributed by atoms with Crippen molar-refractivity contribution in [2.75, 3.05) is 6.61 Å². The average Bonchev–Trinajstić information content (AvgIpc) is 2.41. The van der Waals surface area contributed by atoms with Crippen molar-refractivity contribution in [1.82, 2.24) is 0 Å². The van der Waals surface area contributed by atoms with Gasteiger partial charge in [-0.3, -0.25) is 4.79 Å². The topological polar surface area (TPSA) is 26.3 Å². The molecule has 0 aromatic heterocycles. The van der Waals surface area contributed by atoms with E-state index in [1.165, 1.54) is 16.7 Å². The molecule has 0 saturated carbocycles. The number of hydrogen-bond donors (Lipinski definition) is 0. The van der Waals surface area contributed by atoms with Gasteiger partial charge in [-0.05, 0) is 68.4 Å². The number of carbonyl (C=O) groups excluding carboxylic acids is 1. The molecule has 2 heteroatoms. The molecule has 1 atom stereocenters. The molecule has 0 aliphatic carbocycles. The van der Waals surface area contributed by atoms with E-state index in [2.05, 4.69) is 32.9 Å². The Balaban J connectivity index is 2.94. The lowest BCUT2D eigenvalue weighted by Gasteiger charge is -2.21. The third kappa shape index (κ3) is 4.36. The Labute approximate surface area is 123 Å². The lowest BCUT2D eigenvalue weighted by atomic mass is 9.85. The maximum Gasteiger partial charge on any atom is 0.132 e. The van der Waals surface area contributed by atoms with Gasteiger partial charge in [0.05, 0.1) is 6.61 Å². The minimum absolute atomic E-state index is 0.365. The highest BCUT2D eigenvalue weighted by molar-refractivity contribution is 5.78.